The molecule has 7 atom stereocenters. The lowest BCUT2D eigenvalue weighted by Crippen LogP contribution is -2.56. The second kappa shape index (κ2) is 5.82. The maximum Gasteiger partial charge on any atom is 0.307 e. The number of amides is 1. The summed E-state index contributed by atoms with van der Waals surface area (Å²) in [7, 11) is 1.85. The Morgan fingerprint density at radius 2 is 2.00 bits per heavy atom. The minimum atomic E-state index is -0.704. The number of carbonyl (C=O) groups excluding carboxylic acids is 1. The van der Waals surface area contributed by atoms with Crippen LogP contribution in [0.3, 0.4) is 0 Å². The maximum absolute atomic E-state index is 12.3. The van der Waals surface area contributed by atoms with E-state index in [-0.39, 0.29) is 28.6 Å². The van der Waals surface area contributed by atoms with Crippen molar-refractivity contribution >= 4 is 11.9 Å². The third-order valence-corrected chi connectivity index (χ3v) is 8.61. The zero-order valence-corrected chi connectivity index (χ0v) is 16.1. The van der Waals surface area contributed by atoms with Crippen LogP contribution in [0.15, 0.2) is 11.6 Å². The van der Waals surface area contributed by atoms with Crippen molar-refractivity contribution in [2.45, 2.75) is 58.5 Å². The van der Waals surface area contributed by atoms with Crippen molar-refractivity contribution in [2.24, 2.45) is 34.5 Å². The fourth-order valence-corrected chi connectivity index (χ4v) is 7.21. The average Bonchev–Trinajstić information content (AvgIpc) is 2.86. The van der Waals surface area contributed by atoms with E-state index in [2.05, 4.69) is 13.8 Å². The fraction of sp³-hybridized carbons (Fsp3) is 0.810. The predicted molar refractivity (Wildman–Crippen MR) is 97.2 cm³/mol. The molecular formula is C21H31NO4. The highest BCUT2D eigenvalue weighted by Gasteiger charge is 2.63. The molecule has 144 valence electrons. The molecule has 4 rings (SSSR count). The summed E-state index contributed by atoms with van der Waals surface area (Å²) in [5, 5.41) is 20.9. The number of hydrogen-bond donors (Lipinski definition) is 2. The van der Waals surface area contributed by atoms with Gasteiger partial charge in [0.15, 0.2) is 0 Å². The van der Waals surface area contributed by atoms with Gasteiger partial charge < -0.3 is 15.1 Å². The molecule has 2 N–H and O–H groups in total. The van der Waals surface area contributed by atoms with E-state index in [1.54, 1.807) is 4.90 Å². The van der Waals surface area contributed by atoms with Crippen LogP contribution in [0.4, 0.5) is 0 Å². The van der Waals surface area contributed by atoms with Crippen LogP contribution in [0.1, 0.15) is 52.4 Å². The lowest BCUT2D eigenvalue weighted by molar-refractivity contribution is -0.157. The number of allylic oxidation sites excluding steroid dienone is 1. The fourth-order valence-electron chi connectivity index (χ4n) is 7.21. The van der Waals surface area contributed by atoms with Crippen LogP contribution in [0.2, 0.25) is 0 Å². The Kier molecular flexibility index (Phi) is 4.03. The van der Waals surface area contributed by atoms with Gasteiger partial charge in [-0.2, -0.15) is 0 Å². The zero-order chi connectivity index (χ0) is 18.9. The first-order chi connectivity index (χ1) is 12.2. The molecule has 1 amide bonds. The van der Waals surface area contributed by atoms with Gasteiger partial charge in [-0.1, -0.05) is 19.4 Å². The third kappa shape index (κ3) is 2.32. The Balaban J connectivity index is 1.72. The number of nitrogens with zero attached hydrogens (tertiary/aromatic N) is 1. The third-order valence-electron chi connectivity index (χ3n) is 8.61. The molecule has 0 bridgehead atoms. The highest BCUT2D eigenvalue weighted by atomic mass is 16.4. The molecule has 3 aliphatic carbocycles. The van der Waals surface area contributed by atoms with E-state index in [1.165, 1.54) is 5.57 Å². The van der Waals surface area contributed by atoms with Crippen LogP contribution in [0, 0.1) is 34.5 Å². The second-order valence-corrected chi connectivity index (χ2v) is 9.68. The topological polar surface area (TPSA) is 77.8 Å². The summed E-state index contributed by atoms with van der Waals surface area (Å²) in [5.74, 6) is -0.114. The van der Waals surface area contributed by atoms with Gasteiger partial charge in [-0.25, -0.2) is 0 Å². The Labute approximate surface area is 155 Å². The number of aliphatic hydroxyl groups is 1. The summed E-state index contributed by atoms with van der Waals surface area (Å²) >= 11 is 0. The van der Waals surface area contributed by atoms with Crippen LogP contribution in [0.25, 0.3) is 0 Å². The average molecular weight is 361 g/mol. The first-order valence-electron chi connectivity index (χ1n) is 10.1. The number of rotatable bonds is 1. The van der Waals surface area contributed by atoms with E-state index in [0.29, 0.717) is 24.8 Å². The van der Waals surface area contributed by atoms with Crippen molar-refractivity contribution in [3.8, 4) is 0 Å². The highest BCUT2D eigenvalue weighted by molar-refractivity contribution is 5.88. The van der Waals surface area contributed by atoms with Gasteiger partial charge in [0, 0.05) is 19.7 Å². The summed E-state index contributed by atoms with van der Waals surface area (Å²) in [4.78, 5) is 25.9. The van der Waals surface area contributed by atoms with Gasteiger partial charge in [0.05, 0.1) is 12.0 Å². The van der Waals surface area contributed by atoms with Crippen LogP contribution >= 0.6 is 0 Å². The molecule has 4 aliphatic rings. The molecule has 1 heterocycles. The van der Waals surface area contributed by atoms with Gasteiger partial charge in [0.1, 0.15) is 0 Å². The molecule has 3 saturated carbocycles. The normalized spacial score (nSPS) is 48.2. The molecule has 0 aromatic rings. The van der Waals surface area contributed by atoms with Gasteiger partial charge in [0.25, 0.3) is 0 Å². The lowest BCUT2D eigenvalue weighted by atomic mass is 9.47. The number of aliphatic carboxylic acids is 1. The minimum absolute atomic E-state index is 0.0733. The van der Waals surface area contributed by atoms with Crippen molar-refractivity contribution in [3.05, 3.63) is 11.6 Å². The molecule has 0 aromatic carbocycles. The van der Waals surface area contributed by atoms with Gasteiger partial charge in [-0.3, -0.25) is 9.59 Å². The minimum Gasteiger partial charge on any atom is -0.481 e. The monoisotopic (exact) mass is 361 g/mol. The number of carbonyl (C=O) groups is 2. The first kappa shape index (κ1) is 18.0. The Morgan fingerprint density at radius 1 is 1.27 bits per heavy atom. The largest absolute Gasteiger partial charge is 0.481 e. The predicted octanol–water partition coefficient (Wildman–Crippen LogP) is 2.69. The SMILES string of the molecule is CN1CC[C@@]2(C)C(=CC1=O)CCC1C2[C@@H](O)C[C@@]2(C)C1CC[C@@H]2C(=O)O. The van der Waals surface area contributed by atoms with Gasteiger partial charge >= 0.3 is 5.97 Å². The summed E-state index contributed by atoms with van der Waals surface area (Å²) in [5.41, 5.74) is 0.732. The van der Waals surface area contributed by atoms with E-state index in [4.69, 9.17) is 0 Å². The summed E-state index contributed by atoms with van der Waals surface area (Å²) in [6.45, 7) is 5.05. The molecule has 1 aliphatic heterocycles. The van der Waals surface area contributed by atoms with E-state index in [0.717, 1.165) is 32.1 Å². The van der Waals surface area contributed by atoms with E-state index < -0.39 is 12.1 Å². The Hall–Kier alpha value is -1.36. The molecule has 0 aromatic heterocycles. The van der Waals surface area contributed by atoms with Crippen molar-refractivity contribution < 1.29 is 19.8 Å². The van der Waals surface area contributed by atoms with E-state index >= 15 is 0 Å². The molecule has 5 heteroatoms. The Morgan fingerprint density at radius 3 is 2.69 bits per heavy atom. The van der Waals surface area contributed by atoms with Crippen molar-refractivity contribution in [3.63, 3.8) is 0 Å². The van der Waals surface area contributed by atoms with E-state index in [1.807, 2.05) is 13.1 Å². The summed E-state index contributed by atoms with van der Waals surface area (Å²) in [6.07, 6.45) is 6.32. The highest BCUT2D eigenvalue weighted by Crippen LogP contribution is 2.66. The first-order valence-corrected chi connectivity index (χ1v) is 10.1. The number of aliphatic hydroxyl groups excluding tert-OH is 1. The van der Waals surface area contributed by atoms with Gasteiger partial charge in [0.2, 0.25) is 5.91 Å². The molecule has 0 spiro atoms. The number of carboxylic acid groups (broad SMARTS) is 1. The summed E-state index contributed by atoms with van der Waals surface area (Å²) in [6, 6.07) is 0. The molecular weight excluding hydrogens is 330 g/mol. The lowest BCUT2D eigenvalue weighted by Gasteiger charge is -2.58. The molecule has 5 nitrogen and oxygen atoms in total. The summed E-state index contributed by atoms with van der Waals surface area (Å²) < 4.78 is 0. The van der Waals surface area contributed by atoms with Crippen LogP contribution in [-0.4, -0.2) is 46.7 Å². The van der Waals surface area contributed by atoms with Crippen molar-refractivity contribution in [1.82, 2.24) is 4.90 Å². The number of carboxylic acids is 1. The number of likely N-dealkylation sites (N-methyl/N-ethyl adjacent to an activating group) is 1. The van der Waals surface area contributed by atoms with Gasteiger partial charge in [-0.05, 0) is 67.1 Å². The zero-order valence-electron chi connectivity index (χ0n) is 16.1. The van der Waals surface area contributed by atoms with Crippen molar-refractivity contribution in [1.29, 1.82) is 0 Å². The molecule has 26 heavy (non-hydrogen) atoms. The van der Waals surface area contributed by atoms with Crippen LogP contribution in [-0.2, 0) is 9.59 Å². The molecule has 3 unspecified atom stereocenters. The van der Waals surface area contributed by atoms with E-state index in [9.17, 15) is 19.8 Å². The second-order valence-electron chi connectivity index (χ2n) is 9.68. The van der Waals surface area contributed by atoms with Crippen LogP contribution in [0.5, 0.6) is 0 Å². The maximum atomic E-state index is 12.3. The number of hydrogen-bond acceptors (Lipinski definition) is 3. The molecule has 0 saturated heterocycles. The Bertz CT molecular complexity index is 673. The number of fused-ring (bicyclic) bond motifs is 5. The quantitative estimate of drug-likeness (QED) is 0.753. The molecule has 3 fully saturated rings. The standard InChI is InChI=1S/C21H31NO4/c1-20-8-9-22(3)17(24)10-12(20)4-5-13-14-6-7-15(19(25)26)21(14,2)11-16(23)18(13)20/h10,13-16,18,23H,4-9,11H2,1-3H3,(H,25,26)/t13?,14?,15-,16+,18?,20+,21+/m1/s1. The van der Waals surface area contributed by atoms with Crippen molar-refractivity contribution in [2.75, 3.05) is 13.6 Å². The smallest absolute Gasteiger partial charge is 0.307 e. The van der Waals surface area contributed by atoms with Gasteiger partial charge in [-0.15, -0.1) is 0 Å². The van der Waals surface area contributed by atoms with Crippen LogP contribution < -0.4 is 0 Å². The molecule has 0 radical (unpaired) electrons.